The maximum atomic E-state index is 7.24. The monoisotopic (exact) mass is 275 g/mol. The molecule has 4 nitrogen and oxygen atoms in total. The van der Waals surface area contributed by atoms with Gasteiger partial charge >= 0.3 is 0 Å². The number of aryl methyl sites for hydroxylation is 2. The van der Waals surface area contributed by atoms with E-state index in [2.05, 4.69) is 11.9 Å². The number of ether oxygens (including phenoxy) is 1. The summed E-state index contributed by atoms with van der Waals surface area (Å²) in [5, 5.41) is 8.23. The van der Waals surface area contributed by atoms with Crippen molar-refractivity contribution < 1.29 is 4.74 Å². The predicted octanol–water partition coefficient (Wildman–Crippen LogP) is 2.82. The Bertz CT molecular complexity index is 555. The first-order valence-electron chi connectivity index (χ1n) is 6.02. The van der Waals surface area contributed by atoms with Gasteiger partial charge in [0.25, 0.3) is 0 Å². The molecule has 100 valence electrons. The first-order valence-corrected chi connectivity index (χ1v) is 6.84. The fourth-order valence-electron chi connectivity index (χ4n) is 1.67. The van der Waals surface area contributed by atoms with Crippen LogP contribution in [-0.2, 0) is 13.0 Å². The van der Waals surface area contributed by atoms with Gasteiger partial charge in [-0.15, -0.1) is 11.3 Å². The number of amidine groups is 1. The van der Waals surface area contributed by atoms with Crippen molar-refractivity contribution in [2.45, 2.75) is 26.9 Å². The van der Waals surface area contributed by atoms with Crippen LogP contribution < -0.4 is 10.5 Å². The third-order valence-electron chi connectivity index (χ3n) is 2.75. The topological polar surface area (TPSA) is 72.0 Å². The van der Waals surface area contributed by atoms with Crippen molar-refractivity contribution in [1.82, 2.24) is 4.98 Å². The van der Waals surface area contributed by atoms with Crippen LogP contribution in [0.5, 0.6) is 5.75 Å². The van der Waals surface area contributed by atoms with Gasteiger partial charge < -0.3 is 10.5 Å². The van der Waals surface area contributed by atoms with E-state index in [0.29, 0.717) is 13.0 Å². The van der Waals surface area contributed by atoms with E-state index in [1.54, 1.807) is 11.3 Å². The van der Waals surface area contributed by atoms with E-state index < -0.39 is 0 Å². The predicted molar refractivity (Wildman–Crippen MR) is 78.0 cm³/mol. The molecule has 3 N–H and O–H groups in total. The summed E-state index contributed by atoms with van der Waals surface area (Å²) >= 11 is 1.66. The molecule has 0 aliphatic heterocycles. The Kier molecular flexibility index (Phi) is 4.16. The van der Waals surface area contributed by atoms with Gasteiger partial charge in [-0.3, -0.25) is 5.41 Å². The SMILES string of the molecule is Cc1nc(COc2ccc(CC(=N)N)cc2)sc1C. The van der Waals surface area contributed by atoms with Crippen LogP contribution in [0.4, 0.5) is 0 Å². The van der Waals surface area contributed by atoms with E-state index in [1.807, 2.05) is 31.2 Å². The highest BCUT2D eigenvalue weighted by atomic mass is 32.1. The highest BCUT2D eigenvalue weighted by Crippen LogP contribution is 2.19. The van der Waals surface area contributed by atoms with Gasteiger partial charge in [-0.1, -0.05) is 12.1 Å². The molecule has 19 heavy (non-hydrogen) atoms. The van der Waals surface area contributed by atoms with E-state index in [1.165, 1.54) is 4.88 Å². The zero-order valence-corrected chi connectivity index (χ0v) is 11.9. The molecule has 0 saturated heterocycles. The van der Waals surface area contributed by atoms with E-state index in [4.69, 9.17) is 15.9 Å². The molecule has 0 amide bonds. The Hall–Kier alpha value is -1.88. The van der Waals surface area contributed by atoms with Crippen molar-refractivity contribution >= 4 is 17.2 Å². The average molecular weight is 275 g/mol. The van der Waals surface area contributed by atoms with Crippen molar-refractivity contribution in [1.29, 1.82) is 5.41 Å². The lowest BCUT2D eigenvalue weighted by Gasteiger charge is -2.05. The molecule has 1 heterocycles. The number of aromatic nitrogens is 1. The van der Waals surface area contributed by atoms with Gasteiger partial charge in [0, 0.05) is 11.3 Å². The summed E-state index contributed by atoms with van der Waals surface area (Å²) in [6, 6.07) is 7.64. The molecule has 0 spiro atoms. The van der Waals surface area contributed by atoms with Crippen LogP contribution in [0.25, 0.3) is 0 Å². The highest BCUT2D eigenvalue weighted by molar-refractivity contribution is 7.11. The summed E-state index contributed by atoms with van der Waals surface area (Å²) in [7, 11) is 0. The van der Waals surface area contributed by atoms with Gasteiger partial charge in [-0.25, -0.2) is 4.98 Å². The average Bonchev–Trinajstić information content (AvgIpc) is 2.67. The summed E-state index contributed by atoms with van der Waals surface area (Å²) in [5.41, 5.74) is 7.44. The van der Waals surface area contributed by atoms with Crippen LogP contribution >= 0.6 is 11.3 Å². The number of nitrogens with one attached hydrogen (secondary N) is 1. The van der Waals surface area contributed by atoms with E-state index >= 15 is 0 Å². The first kappa shape index (κ1) is 13.5. The molecule has 1 aromatic heterocycles. The van der Waals surface area contributed by atoms with Crippen molar-refractivity contribution in [2.24, 2.45) is 5.73 Å². The summed E-state index contributed by atoms with van der Waals surface area (Å²) in [5.74, 6) is 0.972. The Morgan fingerprint density at radius 1 is 1.32 bits per heavy atom. The molecule has 0 saturated carbocycles. The lowest BCUT2D eigenvalue weighted by atomic mass is 10.1. The Morgan fingerprint density at radius 3 is 2.53 bits per heavy atom. The molecule has 0 radical (unpaired) electrons. The second-order valence-corrected chi connectivity index (χ2v) is 5.67. The minimum Gasteiger partial charge on any atom is -0.486 e. The lowest BCUT2D eigenvalue weighted by Crippen LogP contribution is -2.12. The molecule has 0 aliphatic rings. The van der Waals surface area contributed by atoms with Crippen LogP contribution in [0.1, 0.15) is 21.1 Å². The maximum absolute atomic E-state index is 7.24. The van der Waals surface area contributed by atoms with Crippen LogP contribution in [0.15, 0.2) is 24.3 Å². The van der Waals surface area contributed by atoms with Crippen LogP contribution in [-0.4, -0.2) is 10.8 Å². The summed E-state index contributed by atoms with van der Waals surface area (Å²) in [4.78, 5) is 5.66. The van der Waals surface area contributed by atoms with Gasteiger partial charge in [0.15, 0.2) is 0 Å². The largest absolute Gasteiger partial charge is 0.486 e. The molecule has 5 heteroatoms. The molecule has 2 aromatic rings. The van der Waals surface area contributed by atoms with Gasteiger partial charge in [0.2, 0.25) is 0 Å². The van der Waals surface area contributed by atoms with Crippen molar-refractivity contribution in [3.05, 3.63) is 45.4 Å². The molecular weight excluding hydrogens is 258 g/mol. The maximum Gasteiger partial charge on any atom is 0.140 e. The summed E-state index contributed by atoms with van der Waals surface area (Å²) in [6.45, 7) is 4.56. The second kappa shape index (κ2) is 5.84. The zero-order chi connectivity index (χ0) is 13.8. The zero-order valence-electron chi connectivity index (χ0n) is 11.1. The molecule has 0 aliphatic carbocycles. The highest BCUT2D eigenvalue weighted by Gasteiger charge is 2.04. The Balaban J connectivity index is 1.94. The number of hydrogen-bond acceptors (Lipinski definition) is 4. The van der Waals surface area contributed by atoms with Crippen LogP contribution in [0.3, 0.4) is 0 Å². The fraction of sp³-hybridized carbons (Fsp3) is 0.286. The number of rotatable bonds is 5. The van der Waals surface area contributed by atoms with E-state index in [0.717, 1.165) is 22.0 Å². The third-order valence-corrected chi connectivity index (χ3v) is 3.80. The Morgan fingerprint density at radius 2 is 2.00 bits per heavy atom. The number of nitrogens with zero attached hydrogens (tertiary/aromatic N) is 1. The quantitative estimate of drug-likeness (QED) is 0.651. The number of hydrogen-bond donors (Lipinski definition) is 2. The molecule has 0 unspecified atom stereocenters. The van der Waals surface area contributed by atoms with Crippen molar-refractivity contribution in [2.75, 3.05) is 0 Å². The van der Waals surface area contributed by atoms with Crippen molar-refractivity contribution in [3.8, 4) is 5.75 Å². The van der Waals surface area contributed by atoms with Crippen LogP contribution in [0.2, 0.25) is 0 Å². The van der Waals surface area contributed by atoms with Gasteiger partial charge in [-0.05, 0) is 31.5 Å². The van der Waals surface area contributed by atoms with Gasteiger partial charge in [0.05, 0.1) is 11.5 Å². The Labute approximate surface area is 116 Å². The lowest BCUT2D eigenvalue weighted by molar-refractivity contribution is 0.305. The summed E-state index contributed by atoms with van der Waals surface area (Å²) < 4.78 is 5.68. The number of benzene rings is 1. The van der Waals surface area contributed by atoms with Crippen molar-refractivity contribution in [3.63, 3.8) is 0 Å². The van der Waals surface area contributed by atoms with E-state index in [9.17, 15) is 0 Å². The first-order chi connectivity index (χ1) is 9.04. The molecule has 0 fully saturated rings. The normalized spacial score (nSPS) is 10.4. The molecule has 1 aromatic carbocycles. The standard InChI is InChI=1S/C14H17N3OS/c1-9-10(2)19-14(17-9)8-18-12-5-3-11(4-6-12)7-13(15)16/h3-6H,7-8H2,1-2H3,(H3,15,16). The van der Waals surface area contributed by atoms with Crippen LogP contribution in [0, 0.1) is 19.3 Å². The molecular formula is C14H17N3OS. The minimum atomic E-state index is 0.169. The second-order valence-electron chi connectivity index (χ2n) is 4.38. The van der Waals surface area contributed by atoms with Gasteiger partial charge in [0.1, 0.15) is 17.4 Å². The summed E-state index contributed by atoms with van der Waals surface area (Å²) in [6.07, 6.45) is 0.477. The smallest absolute Gasteiger partial charge is 0.140 e. The fourth-order valence-corrected chi connectivity index (χ4v) is 2.52. The minimum absolute atomic E-state index is 0.169. The molecule has 2 rings (SSSR count). The number of thiazole rings is 1. The molecule has 0 atom stereocenters. The number of nitrogens with two attached hydrogens (primary N) is 1. The molecule has 0 bridgehead atoms. The van der Waals surface area contributed by atoms with E-state index in [-0.39, 0.29) is 5.84 Å². The third kappa shape index (κ3) is 3.79. The van der Waals surface area contributed by atoms with Gasteiger partial charge in [-0.2, -0.15) is 0 Å².